The zero-order valence-corrected chi connectivity index (χ0v) is 15.2. The van der Waals surface area contributed by atoms with Crippen molar-refractivity contribution in [3.63, 3.8) is 0 Å². The number of aryl methyl sites for hydroxylation is 1. The van der Waals surface area contributed by atoms with Gasteiger partial charge in [-0.3, -0.25) is 4.79 Å². The molecule has 0 heterocycles. The van der Waals surface area contributed by atoms with Crippen LogP contribution in [0.25, 0.3) is 0 Å². The van der Waals surface area contributed by atoms with Gasteiger partial charge >= 0.3 is 0 Å². The molecule has 0 bridgehead atoms. The molecule has 0 aliphatic carbocycles. The number of hydrogen-bond acceptors (Lipinski definition) is 5. The zero-order chi connectivity index (χ0) is 17.8. The Morgan fingerprint density at radius 1 is 1.27 bits per heavy atom. The van der Waals surface area contributed by atoms with Crippen LogP contribution in [0.2, 0.25) is 0 Å². The van der Waals surface area contributed by atoms with Gasteiger partial charge in [-0.25, -0.2) is 0 Å². The van der Waals surface area contributed by atoms with Crippen LogP contribution < -0.4 is 0 Å². The molecule has 0 radical (unpaired) electrons. The molecule has 2 N–H and O–H groups in total. The monoisotopic (exact) mass is 330 g/mol. The van der Waals surface area contributed by atoms with Crippen molar-refractivity contribution in [1.29, 1.82) is 0 Å². The second-order valence-corrected chi connectivity index (χ2v) is 5.16. The van der Waals surface area contributed by atoms with E-state index in [1.165, 1.54) is 17.6 Å². The van der Waals surface area contributed by atoms with E-state index in [-0.39, 0.29) is 13.2 Å². The minimum Gasteiger partial charge on any atom is -0.465 e. The number of aliphatic hydroxyl groups excluding tert-OH is 1. The van der Waals surface area contributed by atoms with Crippen molar-refractivity contribution in [3.8, 4) is 0 Å². The lowest BCUT2D eigenvalue weighted by atomic mass is 10.2. The number of aliphatic hydroxyl groups is 1. The summed E-state index contributed by atoms with van der Waals surface area (Å²) in [5.74, 6) is 0. The molecular formula is C17H30O4S. The minimum atomic E-state index is -0.0985. The van der Waals surface area contributed by atoms with Crippen LogP contribution in [0.1, 0.15) is 39.7 Å². The number of rotatable bonds is 4. The van der Waals surface area contributed by atoms with Crippen LogP contribution >= 0.6 is 12.0 Å². The van der Waals surface area contributed by atoms with Crippen LogP contribution in [0.15, 0.2) is 41.3 Å². The molecular weight excluding hydrogens is 300 g/mol. The van der Waals surface area contributed by atoms with E-state index in [0.29, 0.717) is 6.47 Å². The van der Waals surface area contributed by atoms with Crippen molar-refractivity contribution < 1.29 is 19.2 Å². The van der Waals surface area contributed by atoms with Gasteiger partial charge in [0, 0.05) is 16.9 Å². The Morgan fingerprint density at radius 2 is 1.68 bits per heavy atom. The van der Waals surface area contributed by atoms with E-state index >= 15 is 0 Å². The first-order chi connectivity index (χ1) is 10.4. The molecule has 128 valence electrons. The van der Waals surface area contributed by atoms with Crippen LogP contribution in [-0.2, 0) is 9.53 Å². The molecule has 0 atom stereocenters. The summed E-state index contributed by atoms with van der Waals surface area (Å²) >= 11 is 0.777. The third-order valence-corrected chi connectivity index (χ3v) is 1.89. The highest BCUT2D eigenvalue weighted by Crippen LogP contribution is 2.13. The Morgan fingerprint density at radius 3 is 1.91 bits per heavy atom. The predicted octanol–water partition coefficient (Wildman–Crippen LogP) is 4.71. The van der Waals surface area contributed by atoms with Crippen LogP contribution in [0, 0.1) is 6.92 Å². The fraction of sp³-hybridized carbons (Fsp3) is 0.471. The highest BCUT2D eigenvalue weighted by Gasteiger charge is 1.87. The maximum atomic E-state index is 9.23. The van der Waals surface area contributed by atoms with Gasteiger partial charge in [-0.1, -0.05) is 43.5 Å². The molecule has 22 heavy (non-hydrogen) atoms. The fourth-order valence-corrected chi connectivity index (χ4v) is 0.958. The molecule has 4 nitrogen and oxygen atoms in total. The lowest BCUT2D eigenvalue weighted by Gasteiger charge is -1.92. The Bertz CT molecular complexity index is 346. The van der Waals surface area contributed by atoms with Gasteiger partial charge in [0.05, 0.1) is 6.61 Å². The minimum absolute atomic E-state index is 0.0985. The first kappa shape index (κ1) is 25.6. The molecule has 1 aromatic carbocycles. The van der Waals surface area contributed by atoms with E-state index in [0.717, 1.165) is 16.9 Å². The van der Waals surface area contributed by atoms with Gasteiger partial charge in [0.1, 0.15) is 6.61 Å². The summed E-state index contributed by atoms with van der Waals surface area (Å²) in [6, 6.07) is 7.72. The number of carbonyl (C=O) groups is 1. The molecule has 0 aliphatic rings. The van der Waals surface area contributed by atoms with Crippen molar-refractivity contribution in [2.24, 2.45) is 0 Å². The van der Waals surface area contributed by atoms with E-state index in [1.807, 2.05) is 45.0 Å². The lowest BCUT2D eigenvalue weighted by molar-refractivity contribution is -0.129. The highest BCUT2D eigenvalue weighted by molar-refractivity contribution is 7.93. The topological polar surface area (TPSA) is 66.8 Å². The van der Waals surface area contributed by atoms with Crippen LogP contribution in [0.4, 0.5) is 0 Å². The van der Waals surface area contributed by atoms with Gasteiger partial charge in [0.15, 0.2) is 0 Å². The van der Waals surface area contributed by atoms with Crippen molar-refractivity contribution >= 4 is 18.5 Å². The van der Waals surface area contributed by atoms with E-state index in [9.17, 15) is 4.79 Å². The summed E-state index contributed by atoms with van der Waals surface area (Å²) in [5, 5.41) is 7.91. The van der Waals surface area contributed by atoms with Gasteiger partial charge in [0.2, 0.25) is 0 Å². The fourth-order valence-electron chi connectivity index (χ4n) is 0.700. The van der Waals surface area contributed by atoms with Crippen molar-refractivity contribution in [1.82, 2.24) is 0 Å². The van der Waals surface area contributed by atoms with Gasteiger partial charge in [-0.2, -0.15) is 0 Å². The normalized spacial score (nSPS) is 7.95. The van der Waals surface area contributed by atoms with Gasteiger partial charge in [-0.15, -0.1) is 6.58 Å². The Hall–Kier alpha value is -1.30. The predicted molar refractivity (Wildman–Crippen MR) is 95.2 cm³/mol. The summed E-state index contributed by atoms with van der Waals surface area (Å²) < 4.78 is 12.6. The molecule has 0 aliphatic heterocycles. The SMILES string of the molecule is C=C(C)C.CCC.Cc1ccc(SO)cc1.O=COCCO. The average Bonchev–Trinajstić information content (AvgIpc) is 2.47. The Balaban J connectivity index is -0.000000243. The van der Waals surface area contributed by atoms with Gasteiger partial charge < -0.3 is 14.4 Å². The summed E-state index contributed by atoms with van der Waals surface area (Å²) in [6.07, 6.45) is 1.25. The first-order valence-electron chi connectivity index (χ1n) is 7.05. The standard InChI is InChI=1S/C7H8OS.C4H8.C3H6O3.C3H8/c1-6-2-4-7(9-8)5-3-6;1-4(2)3;4-1-2-6-3-5;1-3-2/h2-5,8H,1H3;1H2,2-3H3;3-4H,1-2H2;3H2,1-2H3. The van der Waals surface area contributed by atoms with Crippen molar-refractivity contribution in [3.05, 3.63) is 42.0 Å². The molecule has 1 rings (SSSR count). The average molecular weight is 330 g/mol. The molecule has 1 aromatic rings. The third-order valence-electron chi connectivity index (χ3n) is 1.40. The third kappa shape index (κ3) is 31.2. The molecule has 0 fully saturated rings. The molecule has 0 saturated heterocycles. The molecule has 0 spiro atoms. The van der Waals surface area contributed by atoms with Gasteiger partial charge in [0.25, 0.3) is 6.47 Å². The first-order valence-corrected chi connectivity index (χ1v) is 7.83. The van der Waals surface area contributed by atoms with Crippen LogP contribution in [0.5, 0.6) is 0 Å². The zero-order valence-electron chi connectivity index (χ0n) is 14.3. The maximum Gasteiger partial charge on any atom is 0.293 e. The number of ether oxygens (including phenoxy) is 1. The van der Waals surface area contributed by atoms with Crippen molar-refractivity contribution in [2.45, 2.75) is 45.9 Å². The number of hydrogen-bond donors (Lipinski definition) is 2. The van der Waals surface area contributed by atoms with Gasteiger partial charge in [-0.05, 0) is 32.9 Å². The molecule has 5 heteroatoms. The Labute approximate surface area is 139 Å². The van der Waals surface area contributed by atoms with E-state index < -0.39 is 0 Å². The summed E-state index contributed by atoms with van der Waals surface area (Å²) in [6.45, 7) is 14.1. The summed E-state index contributed by atoms with van der Waals surface area (Å²) in [4.78, 5) is 10.1. The van der Waals surface area contributed by atoms with E-state index in [4.69, 9.17) is 9.66 Å². The molecule has 0 unspecified atom stereocenters. The second-order valence-electron chi connectivity index (χ2n) is 4.51. The number of benzene rings is 1. The quantitative estimate of drug-likeness (QED) is 0.362. The molecule has 0 amide bonds. The Kier molecular flexibility index (Phi) is 25.6. The van der Waals surface area contributed by atoms with Crippen molar-refractivity contribution in [2.75, 3.05) is 13.2 Å². The lowest BCUT2D eigenvalue weighted by Crippen LogP contribution is -1.95. The second kappa shape index (κ2) is 22.0. The van der Waals surface area contributed by atoms with E-state index in [2.05, 4.69) is 25.2 Å². The largest absolute Gasteiger partial charge is 0.465 e. The number of allylic oxidation sites excluding steroid dienone is 1. The van der Waals surface area contributed by atoms with Crippen LogP contribution in [-0.4, -0.2) is 29.3 Å². The smallest absolute Gasteiger partial charge is 0.293 e. The summed E-state index contributed by atoms with van der Waals surface area (Å²) in [7, 11) is 0. The van der Waals surface area contributed by atoms with E-state index in [1.54, 1.807) is 0 Å². The van der Waals surface area contributed by atoms with Crippen LogP contribution in [0.3, 0.4) is 0 Å². The highest BCUT2D eigenvalue weighted by atomic mass is 32.2. The molecule has 0 aromatic heterocycles. The number of carbonyl (C=O) groups excluding carboxylic acids is 1. The maximum absolute atomic E-state index is 9.23. The molecule has 0 saturated carbocycles. The summed E-state index contributed by atoms with van der Waals surface area (Å²) in [5.41, 5.74) is 2.38.